The molecule has 2 aromatic rings. The van der Waals surface area contributed by atoms with E-state index < -0.39 is 5.97 Å². The highest BCUT2D eigenvalue weighted by atomic mass is 16.6. The highest BCUT2D eigenvalue weighted by Crippen LogP contribution is 2.19. The van der Waals surface area contributed by atoms with Crippen molar-refractivity contribution < 1.29 is 13.9 Å². The van der Waals surface area contributed by atoms with Crippen LogP contribution >= 0.6 is 0 Å². The average Bonchev–Trinajstić information content (AvgIpc) is 2.59. The standard InChI is InChI=1S/C12H12O3/c1-8(2)14-12(13)11-7-9-5-3-4-6-10(9)15-11/h3-8H,1-2H3. The number of ether oxygens (including phenoxy) is 1. The maximum absolute atomic E-state index is 11.5. The number of para-hydroxylation sites is 1. The zero-order chi connectivity index (χ0) is 10.8. The molecule has 0 aliphatic carbocycles. The van der Waals surface area contributed by atoms with E-state index in [1.54, 1.807) is 19.9 Å². The highest BCUT2D eigenvalue weighted by Gasteiger charge is 2.14. The van der Waals surface area contributed by atoms with E-state index in [-0.39, 0.29) is 11.9 Å². The zero-order valence-corrected chi connectivity index (χ0v) is 8.69. The molecule has 0 fully saturated rings. The van der Waals surface area contributed by atoms with Gasteiger partial charge < -0.3 is 9.15 Å². The molecule has 1 aromatic carbocycles. The topological polar surface area (TPSA) is 39.4 Å². The van der Waals surface area contributed by atoms with Gasteiger partial charge in [0.1, 0.15) is 5.58 Å². The van der Waals surface area contributed by atoms with Gasteiger partial charge in [0.25, 0.3) is 0 Å². The van der Waals surface area contributed by atoms with Crippen LogP contribution in [-0.2, 0) is 4.74 Å². The SMILES string of the molecule is CC(C)OC(=O)c1cc2ccccc2o1. The number of hydrogen-bond donors (Lipinski definition) is 0. The Bertz CT molecular complexity index is 449. The van der Waals surface area contributed by atoms with Crippen molar-refractivity contribution in [3.8, 4) is 0 Å². The molecule has 2 rings (SSSR count). The van der Waals surface area contributed by atoms with E-state index in [2.05, 4.69) is 0 Å². The molecule has 78 valence electrons. The lowest BCUT2D eigenvalue weighted by Gasteiger charge is -2.04. The van der Waals surface area contributed by atoms with Crippen LogP contribution in [-0.4, -0.2) is 12.1 Å². The highest BCUT2D eigenvalue weighted by molar-refractivity contribution is 5.92. The predicted molar refractivity (Wildman–Crippen MR) is 56.8 cm³/mol. The minimum Gasteiger partial charge on any atom is -0.457 e. The summed E-state index contributed by atoms with van der Waals surface area (Å²) in [7, 11) is 0. The number of hydrogen-bond acceptors (Lipinski definition) is 3. The van der Waals surface area contributed by atoms with E-state index in [9.17, 15) is 4.79 Å². The van der Waals surface area contributed by atoms with E-state index in [1.807, 2.05) is 24.3 Å². The van der Waals surface area contributed by atoms with Crippen LogP contribution in [0.3, 0.4) is 0 Å². The Morgan fingerprint density at radius 2 is 2.07 bits per heavy atom. The van der Waals surface area contributed by atoms with Gasteiger partial charge in [-0.3, -0.25) is 0 Å². The molecule has 15 heavy (non-hydrogen) atoms. The Hall–Kier alpha value is -1.77. The second kappa shape index (κ2) is 3.77. The molecule has 1 aromatic heterocycles. The van der Waals surface area contributed by atoms with Gasteiger partial charge in [-0.1, -0.05) is 18.2 Å². The van der Waals surface area contributed by atoms with Gasteiger partial charge in [0.15, 0.2) is 0 Å². The summed E-state index contributed by atoms with van der Waals surface area (Å²) in [4.78, 5) is 11.5. The summed E-state index contributed by atoms with van der Waals surface area (Å²) in [5.41, 5.74) is 0.702. The van der Waals surface area contributed by atoms with Crippen LogP contribution in [0.5, 0.6) is 0 Å². The number of esters is 1. The molecule has 0 atom stereocenters. The molecule has 0 spiro atoms. The van der Waals surface area contributed by atoms with Crippen molar-refractivity contribution in [3.05, 3.63) is 36.1 Å². The van der Waals surface area contributed by atoms with E-state index in [0.29, 0.717) is 5.58 Å². The average molecular weight is 204 g/mol. The van der Waals surface area contributed by atoms with Crippen LogP contribution in [0.1, 0.15) is 24.4 Å². The molecule has 0 aliphatic heterocycles. The summed E-state index contributed by atoms with van der Waals surface area (Å²) < 4.78 is 10.4. The smallest absolute Gasteiger partial charge is 0.374 e. The Morgan fingerprint density at radius 1 is 1.33 bits per heavy atom. The number of benzene rings is 1. The van der Waals surface area contributed by atoms with E-state index >= 15 is 0 Å². The number of fused-ring (bicyclic) bond motifs is 1. The largest absolute Gasteiger partial charge is 0.457 e. The van der Waals surface area contributed by atoms with Crippen LogP contribution in [0.2, 0.25) is 0 Å². The van der Waals surface area contributed by atoms with Gasteiger partial charge in [0, 0.05) is 5.39 Å². The molecule has 0 saturated heterocycles. The van der Waals surface area contributed by atoms with Crippen molar-refractivity contribution in [1.29, 1.82) is 0 Å². The lowest BCUT2D eigenvalue weighted by molar-refractivity contribution is 0.0344. The van der Waals surface area contributed by atoms with Gasteiger partial charge in [-0.2, -0.15) is 0 Å². The summed E-state index contributed by atoms with van der Waals surface area (Å²) in [6, 6.07) is 9.17. The van der Waals surface area contributed by atoms with Crippen LogP contribution in [0.4, 0.5) is 0 Å². The van der Waals surface area contributed by atoms with Gasteiger partial charge in [-0.25, -0.2) is 4.79 Å². The Balaban J connectivity index is 2.32. The van der Waals surface area contributed by atoms with Crippen molar-refractivity contribution in [2.75, 3.05) is 0 Å². The Labute approximate surface area is 87.6 Å². The van der Waals surface area contributed by atoms with Crippen molar-refractivity contribution >= 4 is 16.9 Å². The van der Waals surface area contributed by atoms with Crippen molar-refractivity contribution in [2.24, 2.45) is 0 Å². The maximum Gasteiger partial charge on any atom is 0.374 e. The molecule has 0 radical (unpaired) electrons. The van der Waals surface area contributed by atoms with Gasteiger partial charge in [0.05, 0.1) is 6.10 Å². The fourth-order valence-corrected chi connectivity index (χ4v) is 1.35. The van der Waals surface area contributed by atoms with Crippen LogP contribution in [0.15, 0.2) is 34.7 Å². The summed E-state index contributed by atoms with van der Waals surface area (Å²) in [5, 5.41) is 0.910. The van der Waals surface area contributed by atoms with Crippen LogP contribution in [0, 0.1) is 0 Å². The molecule has 1 heterocycles. The third kappa shape index (κ3) is 2.01. The normalized spacial score (nSPS) is 10.9. The Kier molecular flexibility index (Phi) is 2.46. The minimum atomic E-state index is -0.416. The van der Waals surface area contributed by atoms with Crippen molar-refractivity contribution in [1.82, 2.24) is 0 Å². The van der Waals surface area contributed by atoms with Crippen LogP contribution < -0.4 is 0 Å². The van der Waals surface area contributed by atoms with Gasteiger partial charge in [-0.15, -0.1) is 0 Å². The van der Waals surface area contributed by atoms with E-state index in [1.165, 1.54) is 0 Å². The second-order valence-corrected chi connectivity index (χ2v) is 3.60. The van der Waals surface area contributed by atoms with Gasteiger partial charge in [0.2, 0.25) is 5.76 Å². The first-order chi connectivity index (χ1) is 7.16. The molecule has 0 aliphatic rings. The molecule has 0 N–H and O–H groups in total. The molecule has 3 nitrogen and oxygen atoms in total. The number of carbonyl (C=O) groups excluding carboxylic acids is 1. The zero-order valence-electron chi connectivity index (χ0n) is 8.69. The number of furan rings is 1. The summed E-state index contributed by atoms with van der Waals surface area (Å²) in [6.45, 7) is 3.61. The fraction of sp³-hybridized carbons (Fsp3) is 0.250. The van der Waals surface area contributed by atoms with E-state index in [0.717, 1.165) is 5.39 Å². The molecular weight excluding hydrogens is 192 g/mol. The maximum atomic E-state index is 11.5. The van der Waals surface area contributed by atoms with Crippen molar-refractivity contribution in [3.63, 3.8) is 0 Å². The van der Waals surface area contributed by atoms with Crippen molar-refractivity contribution in [2.45, 2.75) is 20.0 Å². The first-order valence-electron chi connectivity index (χ1n) is 4.86. The fourth-order valence-electron chi connectivity index (χ4n) is 1.35. The van der Waals surface area contributed by atoms with Crippen LogP contribution in [0.25, 0.3) is 11.0 Å². The summed E-state index contributed by atoms with van der Waals surface area (Å²) >= 11 is 0. The molecule has 3 heteroatoms. The third-order valence-corrected chi connectivity index (χ3v) is 1.97. The molecule has 0 saturated carbocycles. The Morgan fingerprint density at radius 3 is 2.73 bits per heavy atom. The molecule has 0 amide bonds. The minimum absolute atomic E-state index is 0.134. The lowest BCUT2D eigenvalue weighted by atomic mass is 10.2. The first-order valence-corrected chi connectivity index (χ1v) is 4.86. The van der Waals surface area contributed by atoms with E-state index in [4.69, 9.17) is 9.15 Å². The van der Waals surface area contributed by atoms with Gasteiger partial charge in [-0.05, 0) is 26.0 Å². The quantitative estimate of drug-likeness (QED) is 0.706. The summed E-state index contributed by atoms with van der Waals surface area (Å²) in [6.07, 6.45) is -0.134. The monoisotopic (exact) mass is 204 g/mol. The van der Waals surface area contributed by atoms with Gasteiger partial charge >= 0.3 is 5.97 Å². The number of carbonyl (C=O) groups is 1. The predicted octanol–water partition coefficient (Wildman–Crippen LogP) is 3.00. The summed E-state index contributed by atoms with van der Waals surface area (Å²) in [5.74, 6) is -0.161. The molecular formula is C12H12O3. The lowest BCUT2D eigenvalue weighted by Crippen LogP contribution is -2.10. The first kappa shape index (κ1) is 9.77. The molecule has 0 bridgehead atoms. The number of rotatable bonds is 2. The molecule has 0 unspecified atom stereocenters. The third-order valence-electron chi connectivity index (χ3n) is 1.97. The second-order valence-electron chi connectivity index (χ2n) is 3.60.